The first-order valence-electron chi connectivity index (χ1n) is 21.1. The van der Waals surface area contributed by atoms with Gasteiger partial charge in [-0.05, 0) is 45.4 Å². The number of amides is 1. The summed E-state index contributed by atoms with van der Waals surface area (Å²) in [5, 5.41) is 31.4. The lowest BCUT2D eigenvalue weighted by molar-refractivity contribution is -0.253. The Labute approximate surface area is 297 Å². The van der Waals surface area contributed by atoms with E-state index >= 15 is 0 Å². The zero-order chi connectivity index (χ0) is 35.1. The molecule has 1 aliphatic rings. The summed E-state index contributed by atoms with van der Waals surface area (Å²) >= 11 is 0. The molecule has 0 saturated carbocycles. The van der Waals surface area contributed by atoms with Crippen LogP contribution in [0.2, 0.25) is 0 Å². The van der Waals surface area contributed by atoms with E-state index in [4.69, 9.17) is 4.74 Å². The van der Waals surface area contributed by atoms with Crippen LogP contribution in [0.3, 0.4) is 0 Å². The van der Waals surface area contributed by atoms with E-state index in [0.29, 0.717) is 13.0 Å². The first-order chi connectivity index (χ1) is 23.4. The highest BCUT2D eigenvalue weighted by Crippen LogP contribution is 2.25. The molecule has 1 fully saturated rings. The molecule has 1 saturated heterocycles. The first kappa shape index (κ1) is 45.1. The number of nitrogens with zero attached hydrogens (tertiary/aromatic N) is 1. The highest BCUT2D eigenvalue weighted by atomic mass is 16.5. The molecule has 5 atom stereocenters. The van der Waals surface area contributed by atoms with E-state index in [0.717, 1.165) is 44.9 Å². The number of aliphatic hydroxyl groups is 3. The summed E-state index contributed by atoms with van der Waals surface area (Å²) < 4.78 is 5.91. The minimum atomic E-state index is -1.32. The van der Waals surface area contributed by atoms with Gasteiger partial charge in [0.2, 0.25) is 5.91 Å². The molecule has 0 bridgehead atoms. The van der Waals surface area contributed by atoms with Crippen LogP contribution in [0, 0.1) is 0 Å². The van der Waals surface area contributed by atoms with E-state index in [1.165, 1.54) is 141 Å². The van der Waals surface area contributed by atoms with Crippen molar-refractivity contribution in [1.29, 1.82) is 0 Å². The van der Waals surface area contributed by atoms with Crippen molar-refractivity contribution >= 4 is 5.91 Å². The largest absolute Gasteiger partial charge is 0.388 e. The van der Waals surface area contributed by atoms with Crippen LogP contribution in [0.15, 0.2) is 12.2 Å². The molecule has 3 N–H and O–H groups in total. The Morgan fingerprint density at radius 3 is 1.33 bits per heavy atom. The van der Waals surface area contributed by atoms with Gasteiger partial charge >= 0.3 is 0 Å². The predicted octanol–water partition coefficient (Wildman–Crippen LogP) is 10.9. The fourth-order valence-electron chi connectivity index (χ4n) is 7.00. The van der Waals surface area contributed by atoms with Crippen LogP contribution in [0.5, 0.6) is 0 Å². The van der Waals surface area contributed by atoms with Gasteiger partial charge in [-0.3, -0.25) is 4.79 Å². The topological polar surface area (TPSA) is 90.2 Å². The molecule has 0 aromatic rings. The van der Waals surface area contributed by atoms with Crippen molar-refractivity contribution in [3.05, 3.63) is 12.2 Å². The van der Waals surface area contributed by atoms with Gasteiger partial charge in [0.05, 0.1) is 6.10 Å². The van der Waals surface area contributed by atoms with Crippen molar-refractivity contribution < 1.29 is 24.9 Å². The molecule has 0 aromatic heterocycles. The molecule has 284 valence electrons. The number of carbonyl (C=O) groups is 1. The van der Waals surface area contributed by atoms with Gasteiger partial charge in [0, 0.05) is 13.0 Å². The van der Waals surface area contributed by atoms with Crippen molar-refractivity contribution in [3.8, 4) is 0 Å². The molecule has 0 spiro atoms. The van der Waals surface area contributed by atoms with Crippen LogP contribution in [0.4, 0.5) is 0 Å². The second-order valence-electron chi connectivity index (χ2n) is 14.9. The molecule has 1 aliphatic heterocycles. The Morgan fingerprint density at radius 1 is 0.521 bits per heavy atom. The van der Waals surface area contributed by atoms with Crippen LogP contribution in [0.1, 0.15) is 213 Å². The number of carbonyl (C=O) groups excluding carboxylic acids is 1. The second kappa shape index (κ2) is 32.0. The fraction of sp³-hybridized carbons (Fsp3) is 0.929. The van der Waals surface area contributed by atoms with Gasteiger partial charge in [0.1, 0.15) is 18.3 Å². The van der Waals surface area contributed by atoms with Gasteiger partial charge in [-0.25, -0.2) is 0 Å². The molecule has 0 aliphatic carbocycles. The SMILES string of the molecule is CCCCCCCCC=CCCCCCCCC(=O)N(CCCCCCCCCCCCCCCCCC)C1O[C@H](C)[C@H](O)[C@H](O)[C@H]1O. The average molecular weight is 680 g/mol. The summed E-state index contributed by atoms with van der Waals surface area (Å²) in [7, 11) is 0. The maximum Gasteiger partial charge on any atom is 0.224 e. The lowest BCUT2D eigenvalue weighted by Gasteiger charge is -2.44. The van der Waals surface area contributed by atoms with Crippen LogP contribution in [-0.2, 0) is 9.53 Å². The summed E-state index contributed by atoms with van der Waals surface area (Å²) in [6.07, 6.45) is 36.3. The van der Waals surface area contributed by atoms with Gasteiger partial charge in [0.15, 0.2) is 6.23 Å². The molecule has 6 nitrogen and oxygen atoms in total. The number of hydrogen-bond donors (Lipinski definition) is 3. The van der Waals surface area contributed by atoms with Crippen molar-refractivity contribution in [2.75, 3.05) is 6.54 Å². The average Bonchev–Trinajstić information content (AvgIpc) is 3.08. The monoisotopic (exact) mass is 680 g/mol. The summed E-state index contributed by atoms with van der Waals surface area (Å²) in [5.41, 5.74) is 0. The molecule has 1 rings (SSSR count). The van der Waals surface area contributed by atoms with Gasteiger partial charge in [-0.15, -0.1) is 0 Å². The first-order valence-corrected chi connectivity index (χ1v) is 21.1. The molecule has 1 amide bonds. The van der Waals surface area contributed by atoms with Crippen LogP contribution in [0.25, 0.3) is 0 Å². The Kier molecular flexibility index (Phi) is 30.0. The highest BCUT2D eigenvalue weighted by Gasteiger charge is 2.45. The second-order valence-corrected chi connectivity index (χ2v) is 14.9. The summed E-state index contributed by atoms with van der Waals surface area (Å²) in [6, 6.07) is 0. The van der Waals surface area contributed by atoms with Gasteiger partial charge < -0.3 is 25.0 Å². The maximum absolute atomic E-state index is 13.4. The molecular formula is C42H81NO5. The lowest BCUT2D eigenvalue weighted by atomic mass is 9.97. The molecule has 1 unspecified atom stereocenters. The molecule has 0 aromatic carbocycles. The van der Waals surface area contributed by atoms with Crippen molar-refractivity contribution in [1.82, 2.24) is 4.90 Å². The van der Waals surface area contributed by atoms with Crippen LogP contribution >= 0.6 is 0 Å². The van der Waals surface area contributed by atoms with E-state index in [9.17, 15) is 20.1 Å². The van der Waals surface area contributed by atoms with E-state index in [-0.39, 0.29) is 5.91 Å². The summed E-state index contributed by atoms with van der Waals surface area (Å²) in [4.78, 5) is 15.0. The minimum absolute atomic E-state index is 0.0200. The van der Waals surface area contributed by atoms with E-state index < -0.39 is 30.6 Å². The Balaban J connectivity index is 2.25. The van der Waals surface area contributed by atoms with E-state index in [1.54, 1.807) is 11.8 Å². The quantitative estimate of drug-likeness (QED) is 0.0474. The summed E-state index contributed by atoms with van der Waals surface area (Å²) in [5.74, 6) is -0.0200. The zero-order valence-corrected chi connectivity index (χ0v) is 32.1. The molecule has 48 heavy (non-hydrogen) atoms. The number of hydrogen-bond acceptors (Lipinski definition) is 5. The number of rotatable bonds is 33. The maximum atomic E-state index is 13.4. The fourth-order valence-corrected chi connectivity index (χ4v) is 7.00. The Morgan fingerprint density at radius 2 is 0.896 bits per heavy atom. The van der Waals surface area contributed by atoms with Crippen molar-refractivity contribution in [3.63, 3.8) is 0 Å². The number of allylic oxidation sites excluding steroid dienone is 2. The summed E-state index contributed by atoms with van der Waals surface area (Å²) in [6.45, 7) is 6.74. The Hall–Kier alpha value is -0.950. The molecular weight excluding hydrogens is 598 g/mol. The van der Waals surface area contributed by atoms with Crippen LogP contribution < -0.4 is 0 Å². The zero-order valence-electron chi connectivity index (χ0n) is 32.1. The highest BCUT2D eigenvalue weighted by molar-refractivity contribution is 5.76. The molecule has 6 heteroatoms. The normalized spacial score (nSPS) is 21.3. The van der Waals surface area contributed by atoms with Gasteiger partial charge in [-0.2, -0.15) is 0 Å². The third-order valence-corrected chi connectivity index (χ3v) is 10.4. The van der Waals surface area contributed by atoms with Crippen LogP contribution in [-0.4, -0.2) is 63.3 Å². The lowest BCUT2D eigenvalue weighted by Crippen LogP contribution is -2.62. The Bertz CT molecular complexity index is 746. The molecule has 1 heterocycles. The number of ether oxygens (including phenoxy) is 1. The number of unbranched alkanes of at least 4 members (excludes halogenated alkanes) is 26. The van der Waals surface area contributed by atoms with E-state index in [2.05, 4.69) is 26.0 Å². The third kappa shape index (κ3) is 22.7. The third-order valence-electron chi connectivity index (χ3n) is 10.4. The predicted molar refractivity (Wildman–Crippen MR) is 203 cm³/mol. The number of aliphatic hydroxyl groups excluding tert-OH is 3. The van der Waals surface area contributed by atoms with Crippen molar-refractivity contribution in [2.24, 2.45) is 0 Å². The van der Waals surface area contributed by atoms with Gasteiger partial charge in [0.25, 0.3) is 0 Å². The van der Waals surface area contributed by atoms with Gasteiger partial charge in [-0.1, -0.05) is 174 Å². The van der Waals surface area contributed by atoms with Crippen molar-refractivity contribution in [2.45, 2.75) is 244 Å². The standard InChI is InChI=1S/C42H81NO5/c1-4-6-8-10-12-14-16-18-20-22-24-26-28-30-32-34-36-43(42-41(47)40(46)39(45)37(3)48-42)38(44)35-33-31-29-27-25-23-21-19-17-15-13-11-9-7-5-2/h19,21,37,39-42,45-47H,4-18,20,22-36H2,1-3H3/t37-,39+,40+,41-,42?/m1/s1. The van der Waals surface area contributed by atoms with E-state index in [1.807, 2.05) is 0 Å². The minimum Gasteiger partial charge on any atom is -0.388 e. The smallest absolute Gasteiger partial charge is 0.224 e. The molecule has 0 radical (unpaired) electrons.